The number of carbonyl (C=O) groups excluding carboxylic acids is 1. The van der Waals surface area contributed by atoms with E-state index in [4.69, 9.17) is 16.3 Å². The number of hydrogen-bond donors (Lipinski definition) is 0. The van der Waals surface area contributed by atoms with Gasteiger partial charge in [0.15, 0.2) is 0 Å². The summed E-state index contributed by atoms with van der Waals surface area (Å²) in [6.07, 6.45) is 6.25. The molecule has 0 saturated carbocycles. The van der Waals surface area contributed by atoms with Gasteiger partial charge in [0.1, 0.15) is 12.4 Å². The third-order valence-corrected chi connectivity index (χ3v) is 5.44. The maximum Gasteiger partial charge on any atom is 0.222 e. The zero-order chi connectivity index (χ0) is 16.5. The molecule has 1 amide bonds. The van der Waals surface area contributed by atoms with Crippen LogP contribution >= 0.6 is 11.6 Å². The van der Waals surface area contributed by atoms with Gasteiger partial charge in [-0.15, -0.1) is 0 Å². The molecule has 3 aliphatic rings. The minimum atomic E-state index is 0.339. The van der Waals surface area contributed by atoms with Crippen LogP contribution in [0, 0.1) is 0 Å². The molecule has 5 heteroatoms. The first kappa shape index (κ1) is 16.0. The fourth-order valence-electron chi connectivity index (χ4n) is 4.06. The van der Waals surface area contributed by atoms with Crippen LogP contribution in [0.3, 0.4) is 0 Å². The lowest BCUT2D eigenvalue weighted by atomic mass is 10.0. The molecule has 0 bridgehead atoms. The van der Waals surface area contributed by atoms with E-state index in [1.807, 2.05) is 18.2 Å². The van der Waals surface area contributed by atoms with E-state index in [0.717, 1.165) is 68.2 Å². The van der Waals surface area contributed by atoms with Crippen molar-refractivity contribution < 1.29 is 9.53 Å². The largest absolute Gasteiger partial charge is 0.489 e. The fourth-order valence-corrected chi connectivity index (χ4v) is 4.24. The lowest BCUT2D eigenvalue weighted by molar-refractivity contribution is -0.130. The molecule has 4 nitrogen and oxygen atoms in total. The second-order valence-corrected chi connectivity index (χ2v) is 7.43. The average Bonchev–Trinajstić information content (AvgIpc) is 3.01. The minimum Gasteiger partial charge on any atom is -0.489 e. The summed E-state index contributed by atoms with van der Waals surface area (Å²) in [6, 6.07) is 6.14. The molecule has 2 saturated heterocycles. The predicted molar refractivity (Wildman–Crippen MR) is 95.3 cm³/mol. The normalized spacial score (nSPS) is 24.5. The van der Waals surface area contributed by atoms with Gasteiger partial charge in [-0.1, -0.05) is 11.6 Å². The summed E-state index contributed by atoms with van der Waals surface area (Å²) in [5.41, 5.74) is 2.34. The van der Waals surface area contributed by atoms with Crippen molar-refractivity contribution in [3.63, 3.8) is 0 Å². The van der Waals surface area contributed by atoms with Crippen LogP contribution in [0.2, 0.25) is 5.02 Å². The molecule has 4 rings (SSSR count). The summed E-state index contributed by atoms with van der Waals surface area (Å²) < 4.78 is 5.86. The lowest BCUT2D eigenvalue weighted by Crippen LogP contribution is -2.49. The maximum atomic E-state index is 12.0. The maximum absolute atomic E-state index is 12.0. The molecule has 0 N–H and O–H groups in total. The Morgan fingerprint density at radius 2 is 2.17 bits per heavy atom. The summed E-state index contributed by atoms with van der Waals surface area (Å²) in [5.74, 6) is 1.24. The van der Waals surface area contributed by atoms with E-state index >= 15 is 0 Å². The third-order valence-electron chi connectivity index (χ3n) is 5.20. The van der Waals surface area contributed by atoms with Gasteiger partial charge in [-0.05, 0) is 55.7 Å². The van der Waals surface area contributed by atoms with Gasteiger partial charge in [0.05, 0.1) is 0 Å². The van der Waals surface area contributed by atoms with Gasteiger partial charge in [-0.2, -0.15) is 0 Å². The van der Waals surface area contributed by atoms with Crippen molar-refractivity contribution in [1.29, 1.82) is 0 Å². The van der Waals surface area contributed by atoms with Crippen molar-refractivity contribution in [3.8, 4) is 5.75 Å². The summed E-state index contributed by atoms with van der Waals surface area (Å²) >= 11 is 6.09. The number of ether oxygens (including phenoxy) is 1. The highest BCUT2D eigenvalue weighted by Gasteiger charge is 2.31. The Hall–Kier alpha value is -1.52. The van der Waals surface area contributed by atoms with Crippen LogP contribution in [0.1, 0.15) is 31.2 Å². The predicted octanol–water partition coefficient (Wildman–Crippen LogP) is 3.20. The fraction of sp³-hybridized carbons (Fsp3) is 0.526. The summed E-state index contributed by atoms with van der Waals surface area (Å²) in [5, 5.41) is 0.737. The van der Waals surface area contributed by atoms with Gasteiger partial charge in [0, 0.05) is 42.7 Å². The van der Waals surface area contributed by atoms with E-state index in [9.17, 15) is 4.79 Å². The number of halogens is 1. The molecular weight excluding hydrogens is 324 g/mol. The molecule has 0 spiro atoms. The number of rotatable bonds is 3. The highest BCUT2D eigenvalue weighted by atomic mass is 35.5. The number of carbonyl (C=O) groups is 1. The molecule has 3 heterocycles. The second kappa shape index (κ2) is 6.77. The number of nitrogens with zero attached hydrogens (tertiary/aromatic N) is 2. The molecule has 1 aromatic rings. The average molecular weight is 347 g/mol. The van der Waals surface area contributed by atoms with Crippen molar-refractivity contribution in [2.45, 2.75) is 31.7 Å². The highest BCUT2D eigenvalue weighted by Crippen LogP contribution is 2.30. The van der Waals surface area contributed by atoms with Gasteiger partial charge >= 0.3 is 0 Å². The van der Waals surface area contributed by atoms with E-state index in [1.54, 1.807) is 0 Å². The van der Waals surface area contributed by atoms with Crippen LogP contribution < -0.4 is 4.74 Å². The first-order valence-corrected chi connectivity index (χ1v) is 9.20. The molecule has 3 aliphatic heterocycles. The van der Waals surface area contributed by atoms with Crippen molar-refractivity contribution in [2.75, 3.05) is 32.8 Å². The Bertz CT molecular complexity index is 673. The van der Waals surface area contributed by atoms with E-state index in [1.165, 1.54) is 5.57 Å². The molecule has 0 aliphatic carbocycles. The topological polar surface area (TPSA) is 32.8 Å². The number of benzene rings is 1. The molecule has 1 atom stereocenters. The van der Waals surface area contributed by atoms with Crippen molar-refractivity contribution in [1.82, 2.24) is 9.80 Å². The first-order chi connectivity index (χ1) is 11.7. The van der Waals surface area contributed by atoms with Gasteiger partial charge in [0.2, 0.25) is 5.91 Å². The van der Waals surface area contributed by atoms with Gasteiger partial charge in [-0.3, -0.25) is 9.69 Å². The Labute approximate surface area is 148 Å². The molecule has 24 heavy (non-hydrogen) atoms. The van der Waals surface area contributed by atoms with E-state index in [0.29, 0.717) is 18.6 Å². The van der Waals surface area contributed by atoms with E-state index in [-0.39, 0.29) is 0 Å². The van der Waals surface area contributed by atoms with E-state index < -0.39 is 0 Å². The Balaban J connectivity index is 1.42. The Kier molecular flexibility index (Phi) is 4.51. The zero-order valence-corrected chi connectivity index (χ0v) is 14.6. The monoisotopic (exact) mass is 346 g/mol. The van der Waals surface area contributed by atoms with Crippen molar-refractivity contribution >= 4 is 23.6 Å². The Morgan fingerprint density at radius 1 is 1.25 bits per heavy atom. The van der Waals surface area contributed by atoms with Gasteiger partial charge in [0.25, 0.3) is 0 Å². The number of fused-ring (bicyclic) bond motifs is 1. The van der Waals surface area contributed by atoms with Crippen molar-refractivity contribution in [2.24, 2.45) is 0 Å². The molecule has 128 valence electrons. The number of hydrogen-bond acceptors (Lipinski definition) is 3. The summed E-state index contributed by atoms with van der Waals surface area (Å²) in [7, 11) is 0. The third kappa shape index (κ3) is 3.31. The van der Waals surface area contributed by atoms with Crippen LogP contribution in [0.5, 0.6) is 5.75 Å². The SMILES string of the molecule is O=C1CCCN1C1CCCN(CC2=Cc3cc(Cl)ccc3OC2)C1. The highest BCUT2D eigenvalue weighted by molar-refractivity contribution is 6.30. The first-order valence-electron chi connectivity index (χ1n) is 8.83. The summed E-state index contributed by atoms with van der Waals surface area (Å²) in [6.45, 7) is 4.56. The Morgan fingerprint density at radius 3 is 3.00 bits per heavy atom. The zero-order valence-electron chi connectivity index (χ0n) is 13.8. The smallest absolute Gasteiger partial charge is 0.222 e. The molecule has 1 unspecified atom stereocenters. The van der Waals surface area contributed by atoms with Crippen molar-refractivity contribution in [3.05, 3.63) is 34.4 Å². The molecule has 1 aromatic carbocycles. The molecule has 2 fully saturated rings. The van der Waals surface area contributed by atoms with Crippen LogP contribution in [0.4, 0.5) is 0 Å². The van der Waals surface area contributed by atoms with Crippen LogP contribution in [-0.4, -0.2) is 54.5 Å². The van der Waals surface area contributed by atoms with Gasteiger partial charge in [-0.25, -0.2) is 0 Å². The number of piperidine rings is 1. The minimum absolute atomic E-state index is 0.339. The quantitative estimate of drug-likeness (QED) is 0.842. The van der Waals surface area contributed by atoms with Crippen LogP contribution in [0.15, 0.2) is 23.8 Å². The summed E-state index contributed by atoms with van der Waals surface area (Å²) in [4.78, 5) is 16.6. The number of amides is 1. The van der Waals surface area contributed by atoms with Gasteiger partial charge < -0.3 is 9.64 Å². The molecule has 0 aromatic heterocycles. The van der Waals surface area contributed by atoms with E-state index in [2.05, 4.69) is 15.9 Å². The standard InChI is InChI=1S/C19H23ClN2O2/c20-16-5-6-18-15(10-16)9-14(13-24-18)11-21-7-1-3-17(12-21)22-8-2-4-19(22)23/h5-6,9-10,17H,1-4,7-8,11-13H2. The van der Waals surface area contributed by atoms with Crippen LogP contribution in [0.25, 0.3) is 6.08 Å². The molecular formula is C19H23ClN2O2. The van der Waals surface area contributed by atoms with Crippen LogP contribution in [-0.2, 0) is 4.79 Å². The molecule has 0 radical (unpaired) electrons. The second-order valence-electron chi connectivity index (χ2n) is 7.00. The number of likely N-dealkylation sites (tertiary alicyclic amines) is 2. The lowest BCUT2D eigenvalue weighted by Gasteiger charge is -2.38.